The Kier molecular flexibility index (Phi) is 6.31. The van der Waals surface area contributed by atoms with E-state index >= 15 is 0 Å². The monoisotopic (exact) mass is 522 g/mol. The highest BCUT2D eigenvalue weighted by molar-refractivity contribution is 7.21. The maximum atomic E-state index is 13.7. The van der Waals surface area contributed by atoms with Crippen molar-refractivity contribution in [2.45, 2.75) is 77.0 Å². The van der Waals surface area contributed by atoms with E-state index in [1.54, 1.807) is 17.7 Å². The molecule has 1 saturated heterocycles. The van der Waals surface area contributed by atoms with Crippen LogP contribution in [0.3, 0.4) is 0 Å². The number of aromatic amines is 1. The molecule has 0 aromatic carbocycles. The van der Waals surface area contributed by atoms with Crippen molar-refractivity contribution >= 4 is 33.1 Å². The van der Waals surface area contributed by atoms with Gasteiger partial charge >= 0.3 is 0 Å². The van der Waals surface area contributed by atoms with Gasteiger partial charge in [-0.1, -0.05) is 13.8 Å². The Balaban J connectivity index is 1.23. The number of fused-ring (bicyclic) bond motifs is 2. The number of alkyl halides is 1. The molecule has 5 heterocycles. The average molecular weight is 523 g/mol. The van der Waals surface area contributed by atoms with Crippen molar-refractivity contribution in [3.05, 3.63) is 40.7 Å². The van der Waals surface area contributed by atoms with Crippen molar-refractivity contribution in [3.8, 4) is 11.3 Å². The van der Waals surface area contributed by atoms with Gasteiger partial charge in [0, 0.05) is 44.0 Å². The number of thiophene rings is 1. The Hall–Kier alpha value is -2.78. The van der Waals surface area contributed by atoms with E-state index in [4.69, 9.17) is 0 Å². The van der Waals surface area contributed by atoms with E-state index in [0.717, 1.165) is 69.8 Å². The Morgan fingerprint density at radius 3 is 2.70 bits per heavy atom. The number of H-pyrrole nitrogens is 1. The number of carbonyl (C=O) groups excluding carboxylic acids is 1. The third kappa shape index (κ3) is 4.36. The number of aromatic nitrogens is 4. The fourth-order valence-electron chi connectivity index (χ4n) is 6.34. The molecule has 37 heavy (non-hydrogen) atoms. The van der Waals surface area contributed by atoms with E-state index in [2.05, 4.69) is 46.8 Å². The minimum Gasteiger partial charge on any atom is -0.354 e. The number of pyridine rings is 1. The van der Waals surface area contributed by atoms with Crippen molar-refractivity contribution in [2.24, 2.45) is 0 Å². The van der Waals surface area contributed by atoms with Crippen molar-refractivity contribution < 1.29 is 9.18 Å². The minimum absolute atomic E-state index is 0.0965. The lowest BCUT2D eigenvalue weighted by Gasteiger charge is -2.38. The maximum absolute atomic E-state index is 13.7. The zero-order valence-corrected chi connectivity index (χ0v) is 22.8. The second-order valence-corrected chi connectivity index (χ2v) is 12.2. The lowest BCUT2D eigenvalue weighted by Crippen LogP contribution is -2.44. The van der Waals surface area contributed by atoms with Crippen LogP contribution in [0, 0.1) is 6.92 Å². The maximum Gasteiger partial charge on any atom is 0.264 e. The van der Waals surface area contributed by atoms with Gasteiger partial charge in [-0.25, -0.2) is 13.9 Å². The standard InChI is InChI=1S/C28H35FN6OS/c1-16(2)24-25(18-11-17(3)27-30-15-31-35(27)13-18)32-22-12-23(37-26(22)24)28(36)33(4)20-5-7-21(8-6-20)34-10-9-19(29)14-34/h11-13,15-16,19-21,32H,5-10,14H2,1-4H3. The van der Waals surface area contributed by atoms with Crippen LogP contribution in [0.4, 0.5) is 4.39 Å². The van der Waals surface area contributed by atoms with Crippen LogP contribution >= 0.6 is 11.3 Å². The molecule has 4 aromatic heterocycles. The largest absolute Gasteiger partial charge is 0.354 e. The summed E-state index contributed by atoms with van der Waals surface area (Å²) in [7, 11) is 1.94. The first-order chi connectivity index (χ1) is 17.8. The Labute approximate surface area is 220 Å². The number of aryl methyl sites for hydroxylation is 1. The van der Waals surface area contributed by atoms with Gasteiger partial charge in [0.05, 0.1) is 20.8 Å². The van der Waals surface area contributed by atoms with Crippen molar-refractivity contribution in [3.63, 3.8) is 0 Å². The second-order valence-electron chi connectivity index (χ2n) is 11.1. The number of nitrogens with zero attached hydrogens (tertiary/aromatic N) is 5. The van der Waals surface area contributed by atoms with Crippen molar-refractivity contribution in [2.75, 3.05) is 20.1 Å². The molecule has 9 heteroatoms. The highest BCUT2D eigenvalue weighted by atomic mass is 32.1. The predicted octanol–water partition coefficient (Wildman–Crippen LogP) is 5.80. The lowest BCUT2D eigenvalue weighted by atomic mass is 9.89. The average Bonchev–Trinajstić information content (AvgIpc) is 3.66. The summed E-state index contributed by atoms with van der Waals surface area (Å²) in [6, 6.07) is 4.88. The summed E-state index contributed by atoms with van der Waals surface area (Å²) in [6.45, 7) is 7.90. The first-order valence-electron chi connectivity index (χ1n) is 13.4. The molecule has 1 amide bonds. The Morgan fingerprint density at radius 2 is 2.00 bits per heavy atom. The first-order valence-corrected chi connectivity index (χ1v) is 14.2. The molecule has 4 aromatic rings. The normalized spacial score (nSPS) is 23.0. The van der Waals surface area contributed by atoms with Crippen LogP contribution in [0.15, 0.2) is 24.7 Å². The van der Waals surface area contributed by atoms with E-state index in [0.29, 0.717) is 24.9 Å². The summed E-state index contributed by atoms with van der Waals surface area (Å²) in [5, 5.41) is 4.34. The molecule has 1 N–H and O–H groups in total. The van der Waals surface area contributed by atoms with Crippen LogP contribution in [0.5, 0.6) is 0 Å². The van der Waals surface area contributed by atoms with Crippen LogP contribution in [-0.2, 0) is 0 Å². The molecule has 0 spiro atoms. The Morgan fingerprint density at radius 1 is 1.22 bits per heavy atom. The van der Waals surface area contributed by atoms with E-state index in [1.807, 2.05) is 28.7 Å². The summed E-state index contributed by atoms with van der Waals surface area (Å²) >= 11 is 1.59. The topological polar surface area (TPSA) is 69.5 Å². The summed E-state index contributed by atoms with van der Waals surface area (Å²) in [4.78, 5) is 26.5. The van der Waals surface area contributed by atoms with E-state index in [1.165, 1.54) is 5.56 Å². The number of carbonyl (C=O) groups is 1. The van der Waals surface area contributed by atoms with Gasteiger partial charge in [-0.15, -0.1) is 11.3 Å². The quantitative estimate of drug-likeness (QED) is 0.360. The van der Waals surface area contributed by atoms with Crippen LogP contribution in [0.2, 0.25) is 0 Å². The van der Waals surface area contributed by atoms with Gasteiger partial charge in [-0.3, -0.25) is 9.69 Å². The van der Waals surface area contributed by atoms with Crippen LogP contribution in [-0.4, -0.2) is 73.7 Å². The molecule has 196 valence electrons. The number of amides is 1. The molecule has 1 aliphatic heterocycles. The number of rotatable bonds is 5. The molecule has 0 bridgehead atoms. The molecule has 1 aliphatic carbocycles. The zero-order chi connectivity index (χ0) is 25.8. The van der Waals surface area contributed by atoms with Gasteiger partial charge in [-0.05, 0) is 68.2 Å². The smallest absolute Gasteiger partial charge is 0.264 e. The number of hydrogen-bond donors (Lipinski definition) is 1. The third-order valence-electron chi connectivity index (χ3n) is 8.35. The van der Waals surface area contributed by atoms with E-state index < -0.39 is 6.17 Å². The fraction of sp³-hybridized carbons (Fsp3) is 0.536. The molecule has 7 nitrogen and oxygen atoms in total. The summed E-state index contributed by atoms with van der Waals surface area (Å²) in [5.74, 6) is 0.388. The molecule has 0 radical (unpaired) electrons. The molecule has 1 saturated carbocycles. The van der Waals surface area contributed by atoms with Gasteiger partial charge in [0.25, 0.3) is 5.91 Å². The molecule has 2 fully saturated rings. The third-order valence-corrected chi connectivity index (χ3v) is 9.51. The molecular formula is C28H35FN6OS. The van der Waals surface area contributed by atoms with Crippen molar-refractivity contribution in [1.29, 1.82) is 0 Å². The first kappa shape index (κ1) is 24.6. The van der Waals surface area contributed by atoms with Gasteiger partial charge in [0.1, 0.15) is 12.5 Å². The molecule has 2 aliphatic rings. The minimum atomic E-state index is -0.670. The van der Waals surface area contributed by atoms with Gasteiger partial charge in [-0.2, -0.15) is 5.10 Å². The van der Waals surface area contributed by atoms with Crippen LogP contribution in [0.1, 0.15) is 72.7 Å². The van der Waals surface area contributed by atoms with Gasteiger partial charge in [0.2, 0.25) is 0 Å². The molecule has 1 atom stereocenters. The highest BCUT2D eigenvalue weighted by Gasteiger charge is 2.34. The molecular weight excluding hydrogens is 487 g/mol. The summed E-state index contributed by atoms with van der Waals surface area (Å²) in [6.07, 6.45) is 7.63. The highest BCUT2D eigenvalue weighted by Crippen LogP contribution is 2.41. The number of nitrogens with one attached hydrogen (secondary N) is 1. The Bertz CT molecular complexity index is 1450. The van der Waals surface area contributed by atoms with Gasteiger partial charge < -0.3 is 9.88 Å². The van der Waals surface area contributed by atoms with E-state index in [-0.39, 0.29) is 11.9 Å². The molecule has 1 unspecified atom stereocenters. The summed E-state index contributed by atoms with van der Waals surface area (Å²) in [5.41, 5.74) is 6.33. The lowest BCUT2D eigenvalue weighted by molar-refractivity contribution is 0.0647. The predicted molar refractivity (Wildman–Crippen MR) is 146 cm³/mol. The fourth-order valence-corrected chi connectivity index (χ4v) is 7.63. The second kappa shape index (κ2) is 9.51. The van der Waals surface area contributed by atoms with Crippen LogP contribution in [0.25, 0.3) is 27.1 Å². The van der Waals surface area contributed by atoms with Crippen LogP contribution < -0.4 is 0 Å². The SMILES string of the molecule is Cc1cc(-c2[nH]c3cc(C(=O)N(C)C4CCC(N5CCC(F)C5)CC4)sc3c2C(C)C)cn2ncnc12. The number of likely N-dealkylation sites (tertiary alicyclic amines) is 1. The van der Waals surface area contributed by atoms with Crippen molar-refractivity contribution in [1.82, 2.24) is 29.4 Å². The van der Waals surface area contributed by atoms with E-state index in [9.17, 15) is 9.18 Å². The molecule has 6 rings (SSSR count). The van der Waals surface area contributed by atoms with Gasteiger partial charge in [0.15, 0.2) is 5.65 Å². The number of halogens is 1. The zero-order valence-electron chi connectivity index (χ0n) is 22.0. The number of hydrogen-bond acceptors (Lipinski definition) is 5. The summed E-state index contributed by atoms with van der Waals surface area (Å²) < 4.78 is 16.6.